The molecule has 0 radical (unpaired) electrons. The van der Waals surface area contributed by atoms with E-state index in [9.17, 15) is 14.7 Å². The Labute approximate surface area is 174 Å². The molecule has 0 aliphatic heterocycles. The van der Waals surface area contributed by atoms with Gasteiger partial charge in [-0.05, 0) is 30.3 Å². The third kappa shape index (κ3) is 3.88. The highest BCUT2D eigenvalue weighted by molar-refractivity contribution is 6.04. The SMILES string of the molecule is COc1ccc(-c2noc3c(O)c(C(=O)NCC(=O)O)nc(Cn4cccn4)c23)cc1. The number of aromatic hydroxyl groups is 1. The quantitative estimate of drug-likeness (QED) is 0.403. The number of aromatic nitrogens is 4. The molecule has 0 spiro atoms. The van der Waals surface area contributed by atoms with Gasteiger partial charge in [-0.1, -0.05) is 5.16 Å². The van der Waals surface area contributed by atoms with Gasteiger partial charge in [-0.3, -0.25) is 14.3 Å². The molecule has 1 aromatic carbocycles. The molecule has 0 fully saturated rings. The molecule has 11 heteroatoms. The van der Waals surface area contributed by atoms with Crippen LogP contribution in [0.25, 0.3) is 22.2 Å². The normalized spacial score (nSPS) is 10.9. The number of carbonyl (C=O) groups excluding carboxylic acids is 1. The number of rotatable bonds is 7. The van der Waals surface area contributed by atoms with Crippen molar-refractivity contribution < 1.29 is 29.1 Å². The first-order chi connectivity index (χ1) is 15.0. The number of carbonyl (C=O) groups is 2. The summed E-state index contributed by atoms with van der Waals surface area (Å²) in [5, 5.41) is 30.2. The maximum absolute atomic E-state index is 12.4. The maximum atomic E-state index is 12.4. The fourth-order valence-corrected chi connectivity index (χ4v) is 3.08. The third-order valence-corrected chi connectivity index (χ3v) is 4.52. The molecule has 4 rings (SSSR count). The second-order valence-corrected chi connectivity index (χ2v) is 6.50. The summed E-state index contributed by atoms with van der Waals surface area (Å²) in [5.74, 6) is -1.96. The molecule has 31 heavy (non-hydrogen) atoms. The first kappa shape index (κ1) is 19.9. The summed E-state index contributed by atoms with van der Waals surface area (Å²) in [6.45, 7) is -0.465. The lowest BCUT2D eigenvalue weighted by atomic mass is 10.1. The molecule has 0 unspecified atom stereocenters. The van der Waals surface area contributed by atoms with Crippen molar-refractivity contribution in [2.24, 2.45) is 0 Å². The number of nitrogens with zero attached hydrogens (tertiary/aromatic N) is 4. The molecule has 3 N–H and O–H groups in total. The van der Waals surface area contributed by atoms with Crippen molar-refractivity contribution in [3.8, 4) is 22.8 Å². The van der Waals surface area contributed by atoms with Crippen LogP contribution in [0, 0.1) is 0 Å². The first-order valence-corrected chi connectivity index (χ1v) is 9.11. The van der Waals surface area contributed by atoms with E-state index in [0.29, 0.717) is 28.1 Å². The number of carboxylic acid groups (broad SMARTS) is 1. The van der Waals surface area contributed by atoms with E-state index >= 15 is 0 Å². The fourth-order valence-electron chi connectivity index (χ4n) is 3.08. The van der Waals surface area contributed by atoms with Crippen molar-refractivity contribution in [3.05, 3.63) is 54.1 Å². The number of pyridine rings is 1. The second-order valence-electron chi connectivity index (χ2n) is 6.50. The number of hydrogen-bond donors (Lipinski definition) is 3. The molecular formula is C20H17N5O6. The summed E-state index contributed by atoms with van der Waals surface area (Å²) in [6, 6.07) is 8.79. The van der Waals surface area contributed by atoms with Gasteiger partial charge in [0.1, 0.15) is 18.0 Å². The monoisotopic (exact) mass is 423 g/mol. The number of carboxylic acids is 1. The van der Waals surface area contributed by atoms with Crippen molar-refractivity contribution >= 4 is 22.8 Å². The summed E-state index contributed by atoms with van der Waals surface area (Å²) in [4.78, 5) is 27.5. The van der Waals surface area contributed by atoms with E-state index in [1.165, 1.54) is 0 Å². The lowest BCUT2D eigenvalue weighted by molar-refractivity contribution is -0.135. The minimum absolute atomic E-state index is 0.0385. The molecule has 0 aliphatic rings. The van der Waals surface area contributed by atoms with Crippen LogP contribution < -0.4 is 10.1 Å². The Kier molecular flexibility index (Phi) is 5.22. The number of aliphatic carboxylic acids is 1. The molecule has 158 valence electrons. The fraction of sp³-hybridized carbons (Fsp3) is 0.150. The Bertz CT molecular complexity index is 1250. The van der Waals surface area contributed by atoms with Crippen molar-refractivity contribution in [1.82, 2.24) is 25.2 Å². The predicted molar refractivity (Wildman–Crippen MR) is 107 cm³/mol. The number of amides is 1. The van der Waals surface area contributed by atoms with Gasteiger partial charge < -0.3 is 24.8 Å². The Morgan fingerprint density at radius 3 is 2.68 bits per heavy atom. The van der Waals surface area contributed by atoms with Crippen molar-refractivity contribution in [2.45, 2.75) is 6.54 Å². The van der Waals surface area contributed by atoms with Gasteiger partial charge in [0.25, 0.3) is 5.91 Å². The largest absolute Gasteiger partial charge is 0.503 e. The van der Waals surface area contributed by atoms with E-state index in [4.69, 9.17) is 14.4 Å². The van der Waals surface area contributed by atoms with Gasteiger partial charge in [-0.2, -0.15) is 5.10 Å². The van der Waals surface area contributed by atoms with Gasteiger partial charge >= 0.3 is 5.97 Å². The summed E-state index contributed by atoms with van der Waals surface area (Å²) in [7, 11) is 1.56. The third-order valence-electron chi connectivity index (χ3n) is 4.52. The lowest BCUT2D eigenvalue weighted by Gasteiger charge is -2.10. The van der Waals surface area contributed by atoms with Gasteiger partial charge in [0.2, 0.25) is 5.58 Å². The van der Waals surface area contributed by atoms with Crippen LogP contribution in [-0.2, 0) is 11.3 Å². The van der Waals surface area contributed by atoms with Gasteiger partial charge in [0.15, 0.2) is 11.4 Å². The Balaban J connectivity index is 1.86. The van der Waals surface area contributed by atoms with E-state index < -0.39 is 24.2 Å². The van der Waals surface area contributed by atoms with E-state index in [2.05, 4.69) is 20.6 Å². The molecule has 0 atom stereocenters. The van der Waals surface area contributed by atoms with Crippen molar-refractivity contribution in [1.29, 1.82) is 0 Å². The zero-order chi connectivity index (χ0) is 22.0. The Morgan fingerprint density at radius 2 is 2.03 bits per heavy atom. The number of ether oxygens (including phenoxy) is 1. The minimum Gasteiger partial charge on any atom is -0.503 e. The zero-order valence-electron chi connectivity index (χ0n) is 16.3. The molecule has 0 saturated carbocycles. The van der Waals surface area contributed by atoms with E-state index in [1.807, 2.05) is 0 Å². The van der Waals surface area contributed by atoms with Crippen molar-refractivity contribution in [2.75, 3.05) is 13.7 Å². The van der Waals surface area contributed by atoms with Crippen LogP contribution in [0.4, 0.5) is 0 Å². The van der Waals surface area contributed by atoms with Gasteiger partial charge in [-0.15, -0.1) is 0 Å². The van der Waals surface area contributed by atoms with Crippen LogP contribution in [0.15, 0.2) is 47.2 Å². The second kappa shape index (κ2) is 8.14. The topological polar surface area (TPSA) is 153 Å². The van der Waals surface area contributed by atoms with E-state index in [1.54, 1.807) is 54.5 Å². The number of benzene rings is 1. The number of nitrogens with one attached hydrogen (secondary N) is 1. The average molecular weight is 423 g/mol. The highest BCUT2D eigenvalue weighted by Gasteiger charge is 2.26. The Hall–Kier alpha value is -4.41. The van der Waals surface area contributed by atoms with Crippen LogP contribution in [0.1, 0.15) is 16.2 Å². The van der Waals surface area contributed by atoms with Crippen LogP contribution in [0.2, 0.25) is 0 Å². The number of hydrogen-bond acceptors (Lipinski definition) is 8. The standard InChI is InChI=1S/C20H17N5O6/c1-30-12-5-3-11(4-6-12)16-15-13(10-25-8-2-7-22-25)23-17(18(28)19(15)31-24-16)20(29)21-9-14(26)27/h2-8,28H,9-10H2,1H3,(H,21,29)(H,26,27). The van der Waals surface area contributed by atoms with E-state index in [-0.39, 0.29) is 17.8 Å². The molecule has 0 aliphatic carbocycles. The number of methoxy groups -OCH3 is 1. The summed E-state index contributed by atoms with van der Waals surface area (Å²) in [6.07, 6.45) is 3.31. The highest BCUT2D eigenvalue weighted by atomic mass is 16.5. The van der Waals surface area contributed by atoms with Crippen LogP contribution >= 0.6 is 0 Å². The summed E-state index contributed by atoms with van der Waals surface area (Å²) in [5.41, 5.74) is 1.06. The van der Waals surface area contributed by atoms with Crippen molar-refractivity contribution in [3.63, 3.8) is 0 Å². The average Bonchev–Trinajstić information content (AvgIpc) is 3.44. The van der Waals surface area contributed by atoms with Crippen LogP contribution in [0.5, 0.6) is 11.5 Å². The molecule has 4 aromatic rings. The molecule has 11 nitrogen and oxygen atoms in total. The first-order valence-electron chi connectivity index (χ1n) is 9.11. The van der Waals surface area contributed by atoms with Crippen LogP contribution in [-0.4, -0.2) is 55.7 Å². The minimum atomic E-state index is -1.23. The predicted octanol–water partition coefficient (Wildman–Crippen LogP) is 1.66. The molecule has 3 heterocycles. The molecule has 0 bridgehead atoms. The van der Waals surface area contributed by atoms with Gasteiger partial charge in [-0.25, -0.2) is 4.98 Å². The van der Waals surface area contributed by atoms with E-state index in [0.717, 1.165) is 0 Å². The molecule has 0 saturated heterocycles. The smallest absolute Gasteiger partial charge is 0.322 e. The zero-order valence-corrected chi connectivity index (χ0v) is 16.3. The maximum Gasteiger partial charge on any atom is 0.322 e. The molecule has 1 amide bonds. The molecule has 3 aromatic heterocycles. The summed E-state index contributed by atoms with van der Waals surface area (Å²) >= 11 is 0. The van der Waals surface area contributed by atoms with Crippen LogP contribution in [0.3, 0.4) is 0 Å². The van der Waals surface area contributed by atoms with Gasteiger partial charge in [0, 0.05) is 18.0 Å². The highest BCUT2D eigenvalue weighted by Crippen LogP contribution is 2.37. The molecular weight excluding hydrogens is 406 g/mol. The lowest BCUT2D eigenvalue weighted by Crippen LogP contribution is -2.30. The van der Waals surface area contributed by atoms with Gasteiger partial charge in [0.05, 0.1) is 24.7 Å². The Morgan fingerprint density at radius 1 is 1.26 bits per heavy atom. The number of fused-ring (bicyclic) bond motifs is 1. The summed E-state index contributed by atoms with van der Waals surface area (Å²) < 4.78 is 12.1.